The van der Waals surface area contributed by atoms with Gasteiger partial charge in [-0.1, -0.05) is 23.7 Å². The first-order valence-corrected chi connectivity index (χ1v) is 6.16. The standard InChI is InChI=1S/C14H12ClN3O2/c15-11-3-1-2-4-12(11)18-14(20)17-10-7-5-9(6-8-10)13(16)19/h1-8H,(H2,16,19)(H2,17,18,20). The topological polar surface area (TPSA) is 84.2 Å². The van der Waals surface area contributed by atoms with Crippen molar-refractivity contribution in [1.82, 2.24) is 0 Å². The van der Waals surface area contributed by atoms with E-state index in [9.17, 15) is 9.59 Å². The van der Waals surface area contributed by atoms with E-state index < -0.39 is 11.9 Å². The summed E-state index contributed by atoms with van der Waals surface area (Å²) in [5.74, 6) is -0.517. The summed E-state index contributed by atoms with van der Waals surface area (Å²) in [6.07, 6.45) is 0. The molecule has 0 bridgehead atoms. The van der Waals surface area contributed by atoms with Crippen LogP contribution in [0.3, 0.4) is 0 Å². The zero-order chi connectivity index (χ0) is 14.5. The third-order valence-electron chi connectivity index (χ3n) is 2.55. The van der Waals surface area contributed by atoms with Crippen LogP contribution in [0.1, 0.15) is 10.4 Å². The third-order valence-corrected chi connectivity index (χ3v) is 2.88. The van der Waals surface area contributed by atoms with Crippen LogP contribution in [-0.4, -0.2) is 11.9 Å². The van der Waals surface area contributed by atoms with E-state index in [0.717, 1.165) is 0 Å². The molecule has 0 atom stereocenters. The molecule has 2 aromatic rings. The van der Waals surface area contributed by atoms with Gasteiger partial charge in [-0.2, -0.15) is 0 Å². The van der Waals surface area contributed by atoms with Gasteiger partial charge in [0.05, 0.1) is 10.7 Å². The number of anilines is 2. The molecule has 0 aliphatic carbocycles. The van der Waals surface area contributed by atoms with Crippen LogP contribution in [0.5, 0.6) is 0 Å². The van der Waals surface area contributed by atoms with Gasteiger partial charge in [0, 0.05) is 11.3 Å². The normalized spacial score (nSPS) is 9.85. The van der Waals surface area contributed by atoms with E-state index in [1.165, 1.54) is 12.1 Å². The molecule has 0 aromatic heterocycles. The first-order chi connectivity index (χ1) is 9.56. The van der Waals surface area contributed by atoms with Crippen molar-refractivity contribution in [3.05, 3.63) is 59.1 Å². The number of carbonyl (C=O) groups is 2. The molecule has 5 nitrogen and oxygen atoms in total. The van der Waals surface area contributed by atoms with Crippen molar-refractivity contribution >= 4 is 34.9 Å². The van der Waals surface area contributed by atoms with E-state index >= 15 is 0 Å². The number of benzene rings is 2. The zero-order valence-electron chi connectivity index (χ0n) is 10.4. The minimum Gasteiger partial charge on any atom is -0.366 e. The number of primary amides is 1. The lowest BCUT2D eigenvalue weighted by Gasteiger charge is -2.09. The summed E-state index contributed by atoms with van der Waals surface area (Å²) in [5, 5.41) is 5.70. The number of hydrogen-bond donors (Lipinski definition) is 3. The number of carbonyl (C=O) groups excluding carboxylic acids is 2. The smallest absolute Gasteiger partial charge is 0.323 e. The molecule has 20 heavy (non-hydrogen) atoms. The van der Waals surface area contributed by atoms with Crippen molar-refractivity contribution in [1.29, 1.82) is 0 Å². The van der Waals surface area contributed by atoms with Crippen LogP contribution in [0.4, 0.5) is 16.2 Å². The minimum absolute atomic E-state index is 0.377. The van der Waals surface area contributed by atoms with E-state index in [-0.39, 0.29) is 0 Å². The Labute approximate surface area is 120 Å². The quantitative estimate of drug-likeness (QED) is 0.811. The lowest BCUT2D eigenvalue weighted by molar-refractivity contribution is 0.100. The second-order valence-corrected chi connectivity index (χ2v) is 4.41. The van der Waals surface area contributed by atoms with Crippen LogP contribution in [-0.2, 0) is 0 Å². The van der Waals surface area contributed by atoms with E-state index in [0.29, 0.717) is 22.0 Å². The molecule has 3 amide bonds. The highest BCUT2D eigenvalue weighted by molar-refractivity contribution is 6.33. The lowest BCUT2D eigenvalue weighted by Crippen LogP contribution is -2.19. The van der Waals surface area contributed by atoms with Gasteiger partial charge in [-0.25, -0.2) is 4.79 Å². The number of nitrogens with one attached hydrogen (secondary N) is 2. The lowest BCUT2D eigenvalue weighted by atomic mass is 10.2. The Hall–Kier alpha value is -2.53. The molecule has 0 fully saturated rings. The summed E-state index contributed by atoms with van der Waals surface area (Å²) >= 11 is 5.93. The Morgan fingerprint density at radius 2 is 1.60 bits per heavy atom. The molecule has 0 aliphatic heterocycles. The molecule has 0 unspecified atom stereocenters. The van der Waals surface area contributed by atoms with Gasteiger partial charge in [0.2, 0.25) is 5.91 Å². The fourth-order valence-corrected chi connectivity index (χ4v) is 1.75. The van der Waals surface area contributed by atoms with Crippen LogP contribution >= 0.6 is 11.6 Å². The summed E-state index contributed by atoms with van der Waals surface area (Å²) in [7, 11) is 0. The minimum atomic E-state index is -0.517. The Kier molecular flexibility index (Phi) is 4.22. The molecule has 0 saturated heterocycles. The van der Waals surface area contributed by atoms with Crippen molar-refractivity contribution in [3.63, 3.8) is 0 Å². The number of urea groups is 1. The molecule has 0 saturated carbocycles. The van der Waals surface area contributed by atoms with Crippen LogP contribution < -0.4 is 16.4 Å². The van der Waals surface area contributed by atoms with Gasteiger partial charge in [-0.3, -0.25) is 4.79 Å². The van der Waals surface area contributed by atoms with Crippen molar-refractivity contribution in [2.75, 3.05) is 10.6 Å². The summed E-state index contributed by atoms with van der Waals surface area (Å²) in [6.45, 7) is 0. The summed E-state index contributed by atoms with van der Waals surface area (Å²) in [5.41, 5.74) is 6.56. The molecule has 6 heteroatoms. The van der Waals surface area contributed by atoms with Crippen molar-refractivity contribution in [2.45, 2.75) is 0 Å². The van der Waals surface area contributed by atoms with Gasteiger partial charge in [0.25, 0.3) is 0 Å². The average molecular weight is 290 g/mol. The monoisotopic (exact) mass is 289 g/mol. The predicted octanol–water partition coefficient (Wildman–Crippen LogP) is 3.08. The second-order valence-electron chi connectivity index (χ2n) is 4.00. The second kappa shape index (κ2) is 6.08. The molecular formula is C14H12ClN3O2. The Morgan fingerprint density at radius 3 is 2.20 bits per heavy atom. The average Bonchev–Trinajstić information content (AvgIpc) is 2.42. The molecule has 102 valence electrons. The molecule has 2 aromatic carbocycles. The van der Waals surface area contributed by atoms with Crippen LogP contribution in [0.2, 0.25) is 5.02 Å². The van der Waals surface area contributed by atoms with Gasteiger partial charge in [-0.15, -0.1) is 0 Å². The van der Waals surface area contributed by atoms with Gasteiger partial charge in [0.15, 0.2) is 0 Å². The Morgan fingerprint density at radius 1 is 0.950 bits per heavy atom. The van der Waals surface area contributed by atoms with E-state index in [1.54, 1.807) is 36.4 Å². The Balaban J connectivity index is 2.01. The largest absolute Gasteiger partial charge is 0.366 e. The van der Waals surface area contributed by atoms with Gasteiger partial charge in [-0.05, 0) is 36.4 Å². The van der Waals surface area contributed by atoms with Crippen molar-refractivity contribution in [2.24, 2.45) is 5.73 Å². The highest BCUT2D eigenvalue weighted by Crippen LogP contribution is 2.20. The van der Waals surface area contributed by atoms with Gasteiger partial charge < -0.3 is 16.4 Å². The third kappa shape index (κ3) is 3.49. The highest BCUT2D eigenvalue weighted by Gasteiger charge is 2.06. The van der Waals surface area contributed by atoms with Crippen LogP contribution in [0, 0.1) is 0 Å². The number of rotatable bonds is 3. The molecule has 0 spiro atoms. The van der Waals surface area contributed by atoms with Gasteiger partial charge >= 0.3 is 6.03 Å². The molecular weight excluding hydrogens is 278 g/mol. The fourth-order valence-electron chi connectivity index (χ4n) is 1.57. The fraction of sp³-hybridized carbons (Fsp3) is 0. The molecule has 0 aliphatic rings. The number of amides is 3. The maximum atomic E-state index is 11.8. The summed E-state index contributed by atoms with van der Waals surface area (Å²) < 4.78 is 0. The first-order valence-electron chi connectivity index (χ1n) is 5.78. The van der Waals surface area contributed by atoms with E-state index in [1.807, 2.05) is 0 Å². The number of halogens is 1. The molecule has 2 rings (SSSR count). The SMILES string of the molecule is NC(=O)c1ccc(NC(=O)Nc2ccccc2Cl)cc1. The zero-order valence-corrected chi connectivity index (χ0v) is 11.1. The highest BCUT2D eigenvalue weighted by atomic mass is 35.5. The first kappa shape index (κ1) is 13.9. The maximum absolute atomic E-state index is 11.8. The van der Waals surface area contributed by atoms with E-state index in [4.69, 9.17) is 17.3 Å². The predicted molar refractivity (Wildman–Crippen MR) is 79.1 cm³/mol. The van der Waals surface area contributed by atoms with Crippen LogP contribution in [0.25, 0.3) is 0 Å². The van der Waals surface area contributed by atoms with Gasteiger partial charge in [0.1, 0.15) is 0 Å². The summed E-state index contributed by atoms with van der Waals surface area (Å²) in [4.78, 5) is 22.7. The van der Waals surface area contributed by atoms with Crippen molar-refractivity contribution in [3.8, 4) is 0 Å². The molecule has 0 heterocycles. The summed E-state index contributed by atoms with van der Waals surface area (Å²) in [6, 6.07) is 12.7. The number of para-hydroxylation sites is 1. The Bertz CT molecular complexity index is 641. The van der Waals surface area contributed by atoms with Crippen LogP contribution in [0.15, 0.2) is 48.5 Å². The number of hydrogen-bond acceptors (Lipinski definition) is 2. The molecule has 0 radical (unpaired) electrons. The number of nitrogens with two attached hydrogens (primary N) is 1. The van der Waals surface area contributed by atoms with E-state index in [2.05, 4.69) is 10.6 Å². The van der Waals surface area contributed by atoms with Crippen molar-refractivity contribution < 1.29 is 9.59 Å². The maximum Gasteiger partial charge on any atom is 0.323 e. The molecule has 4 N–H and O–H groups in total.